The van der Waals surface area contributed by atoms with E-state index >= 15 is 0 Å². The Balaban J connectivity index is 1.31. The number of ether oxygens (including phenoxy) is 1. The number of aromatic nitrogens is 3. The number of benzene rings is 1. The number of esters is 1. The van der Waals surface area contributed by atoms with Gasteiger partial charge in [0.15, 0.2) is 5.65 Å². The van der Waals surface area contributed by atoms with Crippen molar-refractivity contribution in [3.05, 3.63) is 42.1 Å². The summed E-state index contributed by atoms with van der Waals surface area (Å²) in [5, 5.41) is 23.2. The molecule has 144 valence electrons. The maximum absolute atomic E-state index is 11.3. The number of carbonyl (C=O) groups is 1. The third-order valence-corrected chi connectivity index (χ3v) is 6.21. The minimum Gasteiger partial charge on any atom is -0.507 e. The Bertz CT molecular complexity index is 1050. The maximum atomic E-state index is 11.3. The number of aromatic amines is 1. The number of hydrogen-bond donors (Lipinski definition) is 3. The van der Waals surface area contributed by atoms with Crippen LogP contribution in [0.3, 0.4) is 0 Å². The van der Waals surface area contributed by atoms with Gasteiger partial charge in [0.1, 0.15) is 5.75 Å². The molecule has 6 rings (SSSR count). The fourth-order valence-electron chi connectivity index (χ4n) is 4.83. The highest BCUT2D eigenvalue weighted by molar-refractivity contribution is 5.82. The number of H-pyrrole nitrogens is 1. The van der Waals surface area contributed by atoms with Gasteiger partial charge in [0, 0.05) is 34.1 Å². The summed E-state index contributed by atoms with van der Waals surface area (Å²) in [5.74, 6) is 0.0227. The second-order valence-electron chi connectivity index (χ2n) is 8.08. The van der Waals surface area contributed by atoms with E-state index in [4.69, 9.17) is 0 Å². The molecule has 1 aromatic carbocycles. The molecule has 3 fully saturated rings. The van der Waals surface area contributed by atoms with Crippen LogP contribution >= 0.6 is 0 Å². The van der Waals surface area contributed by atoms with Gasteiger partial charge in [0.2, 0.25) is 0 Å². The second-order valence-corrected chi connectivity index (χ2v) is 8.08. The number of aromatic hydroxyl groups is 1. The van der Waals surface area contributed by atoms with Crippen LogP contribution in [0.4, 0.5) is 0 Å². The van der Waals surface area contributed by atoms with Crippen molar-refractivity contribution in [1.29, 1.82) is 0 Å². The molecule has 0 aliphatic heterocycles. The lowest BCUT2D eigenvalue weighted by Gasteiger charge is -2.70. The minimum absolute atomic E-state index is 0.165. The molecule has 7 heteroatoms. The fraction of sp³-hybridized carbons (Fsp3) is 0.381. The first-order valence-corrected chi connectivity index (χ1v) is 9.50. The third-order valence-electron chi connectivity index (χ3n) is 6.21. The summed E-state index contributed by atoms with van der Waals surface area (Å²) in [5.41, 5.74) is 3.65. The van der Waals surface area contributed by atoms with Gasteiger partial charge in [-0.3, -0.25) is 4.79 Å². The molecular formula is C21H22N4O3. The van der Waals surface area contributed by atoms with E-state index in [9.17, 15) is 9.90 Å². The summed E-state index contributed by atoms with van der Waals surface area (Å²) in [6.07, 6.45) is 3.59. The summed E-state index contributed by atoms with van der Waals surface area (Å²) in [4.78, 5) is 14.7. The van der Waals surface area contributed by atoms with Crippen molar-refractivity contribution in [3.8, 4) is 17.0 Å². The average Bonchev–Trinajstić information content (AvgIpc) is 3.05. The minimum atomic E-state index is -0.178. The molecule has 3 N–H and O–H groups in total. The van der Waals surface area contributed by atoms with Gasteiger partial charge in [-0.2, -0.15) is 0 Å². The highest BCUT2D eigenvalue weighted by Crippen LogP contribution is 2.67. The Morgan fingerprint density at radius 1 is 1.25 bits per heavy atom. The molecule has 0 unspecified atom stereocenters. The molecule has 0 atom stereocenters. The quantitative estimate of drug-likeness (QED) is 0.570. The lowest BCUT2D eigenvalue weighted by molar-refractivity contribution is -0.141. The average molecular weight is 378 g/mol. The van der Waals surface area contributed by atoms with E-state index in [1.54, 1.807) is 12.1 Å². The van der Waals surface area contributed by atoms with Gasteiger partial charge in [0.05, 0.1) is 19.2 Å². The van der Waals surface area contributed by atoms with Crippen LogP contribution < -0.4 is 5.32 Å². The summed E-state index contributed by atoms with van der Waals surface area (Å²) in [7, 11) is 1.42. The first-order chi connectivity index (χ1) is 13.5. The molecule has 2 heterocycles. The Morgan fingerprint density at radius 3 is 2.79 bits per heavy atom. The van der Waals surface area contributed by atoms with E-state index in [1.165, 1.54) is 12.8 Å². The van der Waals surface area contributed by atoms with Crippen LogP contribution in [0.15, 0.2) is 36.4 Å². The van der Waals surface area contributed by atoms with E-state index in [0.717, 1.165) is 30.3 Å². The van der Waals surface area contributed by atoms with Crippen molar-refractivity contribution < 1.29 is 14.6 Å². The number of para-hydroxylation sites is 1. The third kappa shape index (κ3) is 2.57. The second kappa shape index (κ2) is 6.04. The van der Waals surface area contributed by atoms with Gasteiger partial charge in [-0.25, -0.2) is 0 Å². The van der Waals surface area contributed by atoms with Crippen LogP contribution in [0.25, 0.3) is 22.3 Å². The van der Waals surface area contributed by atoms with Crippen molar-refractivity contribution >= 4 is 17.0 Å². The number of phenols is 1. The van der Waals surface area contributed by atoms with E-state index in [1.807, 2.05) is 18.2 Å². The largest absolute Gasteiger partial charge is 0.507 e. The van der Waals surface area contributed by atoms with Gasteiger partial charge in [-0.1, -0.05) is 12.1 Å². The van der Waals surface area contributed by atoms with Crippen molar-refractivity contribution in [1.82, 2.24) is 20.5 Å². The number of fused-ring (bicyclic) bond motifs is 1. The smallest absolute Gasteiger partial charge is 0.306 e. The summed E-state index contributed by atoms with van der Waals surface area (Å²) in [6, 6.07) is 11.3. The zero-order chi connectivity index (χ0) is 19.4. The highest BCUT2D eigenvalue weighted by atomic mass is 16.5. The van der Waals surface area contributed by atoms with E-state index in [-0.39, 0.29) is 22.7 Å². The number of nitrogens with zero attached hydrogens (tertiary/aromatic N) is 2. The van der Waals surface area contributed by atoms with Crippen molar-refractivity contribution in [2.45, 2.75) is 36.6 Å². The lowest BCUT2D eigenvalue weighted by Crippen LogP contribution is -2.76. The molecule has 0 saturated heterocycles. The molecule has 2 bridgehead atoms. The van der Waals surface area contributed by atoms with Crippen LogP contribution in [0, 0.1) is 0 Å². The topological polar surface area (TPSA) is 100 Å². The van der Waals surface area contributed by atoms with E-state index in [0.29, 0.717) is 24.2 Å². The predicted molar refractivity (Wildman–Crippen MR) is 104 cm³/mol. The number of phenolic OH excluding ortho intramolecular Hbond substituents is 1. The van der Waals surface area contributed by atoms with Gasteiger partial charge >= 0.3 is 5.97 Å². The summed E-state index contributed by atoms with van der Waals surface area (Å²) < 4.78 is 4.69. The molecule has 3 aliphatic rings. The Kier molecular flexibility index (Phi) is 3.71. The molecule has 28 heavy (non-hydrogen) atoms. The standard InChI is InChI=1S/C21H22N4O3/c1-28-18(27)6-7-22-21-10-20(11-21,12-21)17-9-13-8-15(24-25-19(13)23-17)14-4-2-3-5-16(14)26/h2-5,8-9,22,26H,6-7,10-12H2,1H3,(H,23,25). The van der Waals surface area contributed by atoms with Gasteiger partial charge in [-0.15, -0.1) is 10.2 Å². The maximum Gasteiger partial charge on any atom is 0.306 e. The molecule has 3 aromatic rings. The number of hydrogen-bond acceptors (Lipinski definition) is 6. The van der Waals surface area contributed by atoms with Gasteiger partial charge < -0.3 is 20.1 Å². The zero-order valence-electron chi connectivity index (χ0n) is 15.7. The molecule has 0 amide bonds. The van der Waals surface area contributed by atoms with Crippen molar-refractivity contribution in [3.63, 3.8) is 0 Å². The Labute approximate surface area is 162 Å². The van der Waals surface area contributed by atoms with Gasteiger partial charge in [0.25, 0.3) is 0 Å². The van der Waals surface area contributed by atoms with Crippen LogP contribution in [-0.4, -0.2) is 45.5 Å². The number of carbonyl (C=O) groups excluding carboxylic acids is 1. The van der Waals surface area contributed by atoms with E-state index in [2.05, 4.69) is 31.3 Å². The Morgan fingerprint density at radius 2 is 2.04 bits per heavy atom. The monoisotopic (exact) mass is 378 g/mol. The van der Waals surface area contributed by atoms with Crippen molar-refractivity contribution in [2.75, 3.05) is 13.7 Å². The molecule has 3 aliphatic carbocycles. The number of methoxy groups -OCH3 is 1. The summed E-state index contributed by atoms with van der Waals surface area (Å²) >= 11 is 0. The number of rotatable bonds is 6. The number of nitrogens with one attached hydrogen (secondary N) is 2. The first kappa shape index (κ1) is 17.2. The first-order valence-electron chi connectivity index (χ1n) is 9.50. The zero-order valence-corrected chi connectivity index (χ0v) is 15.7. The van der Waals surface area contributed by atoms with E-state index < -0.39 is 0 Å². The van der Waals surface area contributed by atoms with Crippen molar-refractivity contribution in [2.24, 2.45) is 0 Å². The molecule has 2 aromatic heterocycles. The lowest BCUT2D eigenvalue weighted by atomic mass is 9.38. The SMILES string of the molecule is COC(=O)CCNC12CC(c3cc4cc(-c5ccccc5O)nnc4[nH]3)(C1)C2. The Hall–Kier alpha value is -2.93. The normalized spacial score (nSPS) is 25.2. The van der Waals surface area contributed by atoms with Gasteiger partial charge in [-0.05, 0) is 43.5 Å². The molecular weight excluding hydrogens is 356 g/mol. The van der Waals surface area contributed by atoms with Crippen LogP contribution in [0.2, 0.25) is 0 Å². The molecule has 0 spiro atoms. The highest BCUT2D eigenvalue weighted by Gasteiger charge is 2.68. The molecule has 0 radical (unpaired) electrons. The van der Waals surface area contributed by atoms with Crippen LogP contribution in [0.1, 0.15) is 31.4 Å². The predicted octanol–water partition coefficient (Wildman–Crippen LogP) is 2.66. The van der Waals surface area contributed by atoms with Crippen LogP contribution in [0.5, 0.6) is 5.75 Å². The molecule has 3 saturated carbocycles. The molecule has 7 nitrogen and oxygen atoms in total. The fourth-order valence-corrected chi connectivity index (χ4v) is 4.83. The van der Waals surface area contributed by atoms with Crippen LogP contribution in [-0.2, 0) is 14.9 Å². The summed E-state index contributed by atoms with van der Waals surface area (Å²) in [6.45, 7) is 0.658.